The Balaban J connectivity index is 1.89. The van der Waals surface area contributed by atoms with Crippen molar-refractivity contribution in [3.8, 4) is 0 Å². The highest BCUT2D eigenvalue weighted by molar-refractivity contribution is 5.79. The molecule has 1 aliphatic carbocycles. The molecule has 0 bridgehead atoms. The molecule has 0 aromatic heterocycles. The van der Waals surface area contributed by atoms with E-state index in [2.05, 4.69) is 5.32 Å². The molecule has 2 aliphatic rings. The number of ether oxygens (including phenoxy) is 2. The summed E-state index contributed by atoms with van der Waals surface area (Å²) in [4.78, 5) is 11.1. The minimum absolute atomic E-state index is 0.0578. The summed E-state index contributed by atoms with van der Waals surface area (Å²) in [6.07, 6.45) is 2.23. The summed E-state index contributed by atoms with van der Waals surface area (Å²) < 4.78 is 10.7. The second-order valence-electron chi connectivity index (χ2n) is 4.30. The van der Waals surface area contributed by atoms with Gasteiger partial charge in [0.15, 0.2) is 0 Å². The van der Waals surface area contributed by atoms with Crippen LogP contribution >= 0.6 is 0 Å². The van der Waals surface area contributed by atoms with Crippen LogP contribution in [0.1, 0.15) is 19.3 Å². The van der Waals surface area contributed by atoms with Crippen molar-refractivity contribution >= 4 is 5.97 Å². The Bertz CT molecular complexity index is 254. The first-order valence-corrected chi connectivity index (χ1v) is 5.32. The van der Waals surface area contributed by atoms with E-state index in [-0.39, 0.29) is 12.2 Å². The number of hydrogen-bond donors (Lipinski definition) is 2. The zero-order valence-corrected chi connectivity index (χ0v) is 8.86. The summed E-state index contributed by atoms with van der Waals surface area (Å²) in [6, 6.07) is 0. The van der Waals surface area contributed by atoms with E-state index in [1.165, 1.54) is 0 Å². The molecule has 0 aromatic rings. The third kappa shape index (κ3) is 2.00. The Morgan fingerprint density at radius 2 is 2.27 bits per heavy atom. The Hall–Kier alpha value is -0.650. The second kappa shape index (κ2) is 4.08. The lowest BCUT2D eigenvalue weighted by molar-refractivity contribution is -0.157. The van der Waals surface area contributed by atoms with Gasteiger partial charge in [0.2, 0.25) is 0 Å². The van der Waals surface area contributed by atoms with Crippen molar-refractivity contribution in [2.75, 3.05) is 20.3 Å². The van der Waals surface area contributed by atoms with Crippen LogP contribution in [0.25, 0.3) is 0 Å². The number of rotatable bonds is 4. The van der Waals surface area contributed by atoms with E-state index in [1.54, 1.807) is 7.05 Å². The highest BCUT2D eigenvalue weighted by Crippen LogP contribution is 2.33. The van der Waals surface area contributed by atoms with Gasteiger partial charge in [0, 0.05) is 6.42 Å². The molecule has 5 heteroatoms. The molecule has 2 fully saturated rings. The minimum atomic E-state index is -0.782. The lowest BCUT2D eigenvalue weighted by Gasteiger charge is -2.30. The average Bonchev–Trinajstić information content (AvgIpc) is 2.56. The third-order valence-corrected chi connectivity index (χ3v) is 3.35. The van der Waals surface area contributed by atoms with Gasteiger partial charge < -0.3 is 19.9 Å². The van der Waals surface area contributed by atoms with Crippen LogP contribution in [0.15, 0.2) is 0 Å². The number of aliphatic carboxylic acids is 1. The van der Waals surface area contributed by atoms with E-state index in [9.17, 15) is 4.79 Å². The molecular formula is C10H17NO4. The molecule has 86 valence electrons. The van der Waals surface area contributed by atoms with Crippen molar-refractivity contribution < 1.29 is 19.4 Å². The maximum Gasteiger partial charge on any atom is 0.323 e. The van der Waals surface area contributed by atoms with Gasteiger partial charge in [-0.3, -0.25) is 4.79 Å². The van der Waals surface area contributed by atoms with Crippen molar-refractivity contribution in [1.29, 1.82) is 0 Å². The predicted octanol–water partition coefficient (Wildman–Crippen LogP) is -0.00290. The second-order valence-corrected chi connectivity index (χ2v) is 4.30. The molecule has 0 spiro atoms. The largest absolute Gasteiger partial charge is 0.480 e. The van der Waals surface area contributed by atoms with Crippen molar-refractivity contribution in [3.63, 3.8) is 0 Å². The fourth-order valence-electron chi connectivity index (χ4n) is 2.21. The number of hydrogen-bond acceptors (Lipinski definition) is 4. The van der Waals surface area contributed by atoms with Gasteiger partial charge in [0.25, 0.3) is 0 Å². The van der Waals surface area contributed by atoms with Crippen LogP contribution in [-0.2, 0) is 14.3 Å². The van der Waals surface area contributed by atoms with Gasteiger partial charge >= 0.3 is 5.97 Å². The van der Waals surface area contributed by atoms with E-state index in [4.69, 9.17) is 14.6 Å². The van der Waals surface area contributed by atoms with Gasteiger partial charge in [0.1, 0.15) is 11.6 Å². The Morgan fingerprint density at radius 3 is 2.67 bits per heavy atom. The van der Waals surface area contributed by atoms with Gasteiger partial charge in [-0.1, -0.05) is 0 Å². The Labute approximate surface area is 88.7 Å². The molecular weight excluding hydrogens is 198 g/mol. The first-order chi connectivity index (χ1) is 7.16. The van der Waals surface area contributed by atoms with Crippen LogP contribution in [0.3, 0.4) is 0 Å². The van der Waals surface area contributed by atoms with Crippen molar-refractivity contribution in [1.82, 2.24) is 5.32 Å². The molecule has 1 saturated heterocycles. The Kier molecular flexibility index (Phi) is 2.95. The topological polar surface area (TPSA) is 67.8 Å². The summed E-state index contributed by atoms with van der Waals surface area (Å²) in [6.45, 7) is 1.30. The molecule has 5 nitrogen and oxygen atoms in total. The third-order valence-electron chi connectivity index (χ3n) is 3.35. The van der Waals surface area contributed by atoms with Crippen LogP contribution in [0.2, 0.25) is 0 Å². The molecule has 1 saturated carbocycles. The zero-order valence-electron chi connectivity index (χ0n) is 8.86. The first-order valence-electron chi connectivity index (χ1n) is 5.32. The summed E-state index contributed by atoms with van der Waals surface area (Å²) in [5.41, 5.74) is -0.782. The SMILES string of the molecule is CNC1(C(=O)O)CCC(OC2COC2)C1. The molecule has 2 atom stereocenters. The molecule has 0 amide bonds. The van der Waals surface area contributed by atoms with Gasteiger partial charge in [0.05, 0.1) is 19.3 Å². The molecule has 1 heterocycles. The predicted molar refractivity (Wildman–Crippen MR) is 52.8 cm³/mol. The quantitative estimate of drug-likeness (QED) is 0.690. The number of carbonyl (C=O) groups is 1. The first kappa shape index (κ1) is 10.9. The van der Waals surface area contributed by atoms with Gasteiger partial charge in [-0.15, -0.1) is 0 Å². The summed E-state index contributed by atoms with van der Waals surface area (Å²) in [5.74, 6) is -0.777. The standard InChI is InChI=1S/C10H17NO4/c1-11-10(9(12)13)3-2-7(4-10)15-8-5-14-6-8/h7-8,11H,2-6H2,1H3,(H,12,13). The fraction of sp³-hybridized carbons (Fsp3) is 0.900. The normalized spacial score (nSPS) is 36.5. The van der Waals surface area contributed by atoms with Crippen molar-refractivity contribution in [3.05, 3.63) is 0 Å². The van der Waals surface area contributed by atoms with E-state index in [1.807, 2.05) is 0 Å². The lowest BCUT2D eigenvalue weighted by atomic mass is 9.98. The fourth-order valence-corrected chi connectivity index (χ4v) is 2.21. The smallest absolute Gasteiger partial charge is 0.323 e. The summed E-state index contributed by atoms with van der Waals surface area (Å²) >= 11 is 0. The highest BCUT2D eigenvalue weighted by atomic mass is 16.6. The van der Waals surface area contributed by atoms with Gasteiger partial charge in [-0.2, -0.15) is 0 Å². The summed E-state index contributed by atoms with van der Waals surface area (Å²) in [5, 5.41) is 12.0. The van der Waals surface area contributed by atoms with Gasteiger partial charge in [-0.25, -0.2) is 0 Å². The molecule has 1 aliphatic heterocycles. The van der Waals surface area contributed by atoms with Crippen LogP contribution in [-0.4, -0.2) is 49.1 Å². The maximum absolute atomic E-state index is 11.1. The van der Waals surface area contributed by atoms with Crippen LogP contribution < -0.4 is 5.32 Å². The monoisotopic (exact) mass is 215 g/mol. The van der Waals surface area contributed by atoms with Crippen LogP contribution in [0.5, 0.6) is 0 Å². The zero-order chi connectivity index (χ0) is 10.9. The number of carboxylic acids is 1. The van der Waals surface area contributed by atoms with Crippen LogP contribution in [0, 0.1) is 0 Å². The van der Waals surface area contributed by atoms with Crippen LogP contribution in [0.4, 0.5) is 0 Å². The number of carboxylic acid groups (broad SMARTS) is 1. The van der Waals surface area contributed by atoms with E-state index < -0.39 is 11.5 Å². The van der Waals surface area contributed by atoms with Crippen molar-refractivity contribution in [2.24, 2.45) is 0 Å². The van der Waals surface area contributed by atoms with Gasteiger partial charge in [-0.05, 0) is 19.9 Å². The minimum Gasteiger partial charge on any atom is -0.480 e. The maximum atomic E-state index is 11.1. The summed E-state index contributed by atoms with van der Waals surface area (Å²) in [7, 11) is 1.70. The number of likely N-dealkylation sites (N-methyl/N-ethyl adjacent to an activating group) is 1. The lowest BCUT2D eigenvalue weighted by Crippen LogP contribution is -2.49. The molecule has 15 heavy (non-hydrogen) atoms. The average molecular weight is 215 g/mol. The van der Waals surface area contributed by atoms with Crippen molar-refractivity contribution in [2.45, 2.75) is 37.0 Å². The Morgan fingerprint density at radius 1 is 1.53 bits per heavy atom. The van der Waals surface area contributed by atoms with E-state index in [0.29, 0.717) is 26.1 Å². The highest BCUT2D eigenvalue weighted by Gasteiger charge is 2.45. The molecule has 2 rings (SSSR count). The molecule has 0 aromatic carbocycles. The molecule has 2 N–H and O–H groups in total. The molecule has 0 radical (unpaired) electrons. The molecule has 2 unspecified atom stereocenters. The number of nitrogens with one attached hydrogen (secondary N) is 1. The van der Waals surface area contributed by atoms with E-state index >= 15 is 0 Å². The van der Waals surface area contributed by atoms with E-state index in [0.717, 1.165) is 6.42 Å².